The minimum absolute atomic E-state index is 0.383. The number of hydrogen-bond acceptors (Lipinski definition) is 2. The van der Waals surface area contributed by atoms with Crippen LogP contribution in [-0.2, 0) is 4.74 Å². The minimum atomic E-state index is 0.383. The Labute approximate surface area is 83.3 Å². The molecule has 0 amide bonds. The monoisotopic (exact) mass is 187 g/mol. The molecule has 0 fully saturated rings. The highest BCUT2D eigenvalue weighted by molar-refractivity contribution is 4.68. The van der Waals surface area contributed by atoms with Gasteiger partial charge in [-0.2, -0.15) is 0 Å². The van der Waals surface area contributed by atoms with Gasteiger partial charge >= 0.3 is 0 Å². The van der Waals surface area contributed by atoms with Gasteiger partial charge in [0.25, 0.3) is 0 Å². The molecule has 0 unspecified atom stereocenters. The first kappa shape index (κ1) is 12.9. The molecule has 2 atom stereocenters. The fourth-order valence-electron chi connectivity index (χ4n) is 1.60. The Hall–Kier alpha value is -0.0800. The number of nitrogens with zero attached hydrogens (tertiary/aromatic N) is 1. The molecular weight excluding hydrogens is 162 g/mol. The second-order valence-electron chi connectivity index (χ2n) is 4.11. The summed E-state index contributed by atoms with van der Waals surface area (Å²) >= 11 is 0. The number of ether oxygens (including phenoxy) is 1. The fourth-order valence-corrected chi connectivity index (χ4v) is 1.60. The Bertz CT molecular complexity index is 115. The van der Waals surface area contributed by atoms with E-state index in [1.165, 1.54) is 19.3 Å². The third kappa shape index (κ3) is 6.05. The van der Waals surface area contributed by atoms with Gasteiger partial charge in [0.15, 0.2) is 0 Å². The van der Waals surface area contributed by atoms with Gasteiger partial charge in [0, 0.05) is 13.7 Å². The molecule has 0 aromatic carbocycles. The van der Waals surface area contributed by atoms with Crippen molar-refractivity contribution in [2.75, 3.05) is 27.7 Å². The van der Waals surface area contributed by atoms with Gasteiger partial charge in [0.1, 0.15) is 0 Å². The average Bonchev–Trinajstić information content (AvgIpc) is 2.10. The molecule has 0 aliphatic rings. The van der Waals surface area contributed by atoms with E-state index in [1.807, 2.05) is 0 Å². The number of hydrogen-bond donors (Lipinski definition) is 0. The van der Waals surface area contributed by atoms with E-state index in [1.54, 1.807) is 7.11 Å². The van der Waals surface area contributed by atoms with Gasteiger partial charge in [0.2, 0.25) is 0 Å². The maximum atomic E-state index is 5.38. The third-order valence-corrected chi connectivity index (χ3v) is 2.56. The first-order chi connectivity index (χ1) is 6.11. The zero-order valence-electron chi connectivity index (χ0n) is 9.84. The maximum absolute atomic E-state index is 5.38. The molecule has 0 spiro atoms. The molecule has 0 aromatic rings. The van der Waals surface area contributed by atoms with Gasteiger partial charge in [-0.1, -0.05) is 19.8 Å². The molecule has 2 heteroatoms. The predicted molar refractivity (Wildman–Crippen MR) is 58.0 cm³/mol. The van der Waals surface area contributed by atoms with Gasteiger partial charge in [-0.3, -0.25) is 0 Å². The summed E-state index contributed by atoms with van der Waals surface area (Å²) in [6, 6.07) is 0. The summed E-state index contributed by atoms with van der Waals surface area (Å²) in [6.07, 6.45) is 4.25. The van der Waals surface area contributed by atoms with Crippen LogP contribution >= 0.6 is 0 Å². The Kier molecular flexibility index (Phi) is 7.29. The van der Waals surface area contributed by atoms with E-state index >= 15 is 0 Å². The Morgan fingerprint density at radius 1 is 1.31 bits per heavy atom. The Balaban J connectivity index is 3.87. The summed E-state index contributed by atoms with van der Waals surface area (Å²) in [6.45, 7) is 5.54. The van der Waals surface area contributed by atoms with Crippen LogP contribution in [0.1, 0.15) is 33.1 Å². The second-order valence-corrected chi connectivity index (χ2v) is 4.11. The van der Waals surface area contributed by atoms with Gasteiger partial charge in [-0.05, 0) is 33.4 Å². The molecule has 0 bridgehead atoms. The quantitative estimate of drug-likeness (QED) is 0.607. The smallest absolute Gasteiger partial charge is 0.0583 e. The normalized spacial score (nSPS) is 16.2. The first-order valence-corrected chi connectivity index (χ1v) is 5.29. The van der Waals surface area contributed by atoms with E-state index in [0.29, 0.717) is 12.0 Å². The zero-order valence-corrected chi connectivity index (χ0v) is 9.84. The molecule has 0 radical (unpaired) electrons. The lowest BCUT2D eigenvalue weighted by Crippen LogP contribution is -2.30. The lowest BCUT2D eigenvalue weighted by Gasteiger charge is -2.25. The SMILES string of the molecule is CCCC[C@H](CN(C)C)[C@H](C)OC. The molecule has 2 nitrogen and oxygen atoms in total. The highest BCUT2D eigenvalue weighted by Crippen LogP contribution is 2.15. The molecule has 0 heterocycles. The Morgan fingerprint density at radius 3 is 2.31 bits per heavy atom. The topological polar surface area (TPSA) is 12.5 Å². The van der Waals surface area contributed by atoms with Crippen LogP contribution < -0.4 is 0 Å². The zero-order chi connectivity index (χ0) is 10.3. The minimum Gasteiger partial charge on any atom is -0.381 e. The van der Waals surface area contributed by atoms with Crippen LogP contribution in [0.4, 0.5) is 0 Å². The number of methoxy groups -OCH3 is 1. The van der Waals surface area contributed by atoms with Gasteiger partial charge in [0.05, 0.1) is 6.10 Å². The third-order valence-electron chi connectivity index (χ3n) is 2.56. The highest BCUT2D eigenvalue weighted by Gasteiger charge is 2.16. The summed E-state index contributed by atoms with van der Waals surface area (Å²) in [4.78, 5) is 2.25. The van der Waals surface area contributed by atoms with Crippen LogP contribution in [0.3, 0.4) is 0 Å². The van der Waals surface area contributed by atoms with Crippen LogP contribution in [0.25, 0.3) is 0 Å². The standard InChI is InChI=1S/C11H25NO/c1-6-7-8-11(9-12(3)4)10(2)13-5/h10-11H,6-9H2,1-5H3/t10-,11+/m0/s1. The van der Waals surface area contributed by atoms with Crippen molar-refractivity contribution in [3.63, 3.8) is 0 Å². The first-order valence-electron chi connectivity index (χ1n) is 5.29. The van der Waals surface area contributed by atoms with Crippen molar-refractivity contribution in [3.05, 3.63) is 0 Å². The van der Waals surface area contributed by atoms with Crippen LogP contribution in [0.15, 0.2) is 0 Å². The molecule has 0 aliphatic heterocycles. The molecule has 0 rings (SSSR count). The van der Waals surface area contributed by atoms with Crippen molar-refractivity contribution >= 4 is 0 Å². The van der Waals surface area contributed by atoms with Crippen molar-refractivity contribution in [3.8, 4) is 0 Å². The summed E-state index contributed by atoms with van der Waals surface area (Å²) in [5.74, 6) is 0.681. The van der Waals surface area contributed by atoms with E-state index in [4.69, 9.17) is 4.74 Å². The largest absolute Gasteiger partial charge is 0.381 e. The summed E-state index contributed by atoms with van der Waals surface area (Å²) < 4.78 is 5.38. The molecule has 0 aromatic heterocycles. The van der Waals surface area contributed by atoms with E-state index in [-0.39, 0.29) is 0 Å². The van der Waals surface area contributed by atoms with Crippen molar-refractivity contribution in [1.82, 2.24) is 4.90 Å². The van der Waals surface area contributed by atoms with Gasteiger partial charge in [-0.15, -0.1) is 0 Å². The number of rotatable bonds is 7. The summed E-state index contributed by atoms with van der Waals surface area (Å²) in [5.41, 5.74) is 0. The highest BCUT2D eigenvalue weighted by atomic mass is 16.5. The van der Waals surface area contributed by atoms with Crippen LogP contribution in [0.2, 0.25) is 0 Å². The van der Waals surface area contributed by atoms with E-state index in [2.05, 4.69) is 32.8 Å². The molecule has 13 heavy (non-hydrogen) atoms. The van der Waals surface area contributed by atoms with E-state index in [9.17, 15) is 0 Å². The average molecular weight is 187 g/mol. The summed E-state index contributed by atoms with van der Waals surface area (Å²) in [5, 5.41) is 0. The maximum Gasteiger partial charge on any atom is 0.0583 e. The van der Waals surface area contributed by atoms with Crippen molar-refractivity contribution in [2.24, 2.45) is 5.92 Å². The van der Waals surface area contributed by atoms with Crippen LogP contribution in [0, 0.1) is 5.92 Å². The van der Waals surface area contributed by atoms with Crippen LogP contribution in [-0.4, -0.2) is 38.8 Å². The fraction of sp³-hybridized carbons (Fsp3) is 1.00. The Morgan fingerprint density at radius 2 is 1.92 bits per heavy atom. The number of unbranched alkanes of at least 4 members (excludes halogenated alkanes) is 1. The molecule has 0 saturated carbocycles. The van der Waals surface area contributed by atoms with Crippen molar-refractivity contribution in [1.29, 1.82) is 0 Å². The summed E-state index contributed by atoms with van der Waals surface area (Å²) in [7, 11) is 6.06. The molecule has 0 aliphatic carbocycles. The van der Waals surface area contributed by atoms with E-state index in [0.717, 1.165) is 6.54 Å². The predicted octanol–water partition coefficient (Wildman–Crippen LogP) is 2.39. The van der Waals surface area contributed by atoms with Crippen LogP contribution in [0.5, 0.6) is 0 Å². The molecular formula is C11H25NO. The van der Waals surface area contributed by atoms with E-state index < -0.39 is 0 Å². The molecule has 80 valence electrons. The lowest BCUT2D eigenvalue weighted by molar-refractivity contribution is 0.0506. The van der Waals surface area contributed by atoms with Crippen molar-refractivity contribution < 1.29 is 4.74 Å². The van der Waals surface area contributed by atoms with Crippen molar-refractivity contribution in [2.45, 2.75) is 39.2 Å². The van der Waals surface area contributed by atoms with Gasteiger partial charge in [-0.25, -0.2) is 0 Å². The second kappa shape index (κ2) is 7.34. The lowest BCUT2D eigenvalue weighted by atomic mass is 9.96. The molecule has 0 saturated heterocycles. The van der Waals surface area contributed by atoms with Gasteiger partial charge < -0.3 is 9.64 Å². The molecule has 0 N–H and O–H groups in total.